The zero-order valence-electron chi connectivity index (χ0n) is 10.0. The summed E-state index contributed by atoms with van der Waals surface area (Å²) in [7, 11) is 0. The maximum Gasteiger partial charge on any atom is 0.133 e. The molecule has 3 heteroatoms. The van der Waals surface area contributed by atoms with E-state index in [1.807, 2.05) is 12.1 Å². The summed E-state index contributed by atoms with van der Waals surface area (Å²) in [6, 6.07) is 14.3. The van der Waals surface area contributed by atoms with Crippen LogP contribution in [0.4, 0.5) is 11.5 Å². The lowest BCUT2D eigenvalue weighted by atomic mass is 10.0. The van der Waals surface area contributed by atoms with E-state index in [9.17, 15) is 0 Å². The van der Waals surface area contributed by atoms with Crippen molar-refractivity contribution in [3.63, 3.8) is 0 Å². The van der Waals surface area contributed by atoms with Gasteiger partial charge in [0, 0.05) is 18.4 Å². The molecule has 0 N–H and O–H groups in total. The highest BCUT2D eigenvalue weighted by molar-refractivity contribution is 5.65. The van der Waals surface area contributed by atoms with E-state index < -0.39 is 0 Å². The van der Waals surface area contributed by atoms with Gasteiger partial charge in [0.25, 0.3) is 0 Å². The Morgan fingerprint density at radius 3 is 2.83 bits per heavy atom. The minimum Gasteiger partial charge on any atom is -0.326 e. The minimum atomic E-state index is 0.601. The second-order valence-electron chi connectivity index (χ2n) is 4.40. The predicted molar refractivity (Wildman–Crippen MR) is 70.7 cm³/mol. The van der Waals surface area contributed by atoms with E-state index in [1.165, 1.54) is 11.3 Å². The summed E-state index contributed by atoms with van der Waals surface area (Å²) >= 11 is 0. The van der Waals surface area contributed by atoms with E-state index in [0.29, 0.717) is 5.56 Å². The Bertz CT molecular complexity index is 596. The van der Waals surface area contributed by atoms with Crippen LogP contribution in [0.3, 0.4) is 0 Å². The largest absolute Gasteiger partial charge is 0.326 e. The molecule has 0 atom stereocenters. The van der Waals surface area contributed by atoms with E-state index in [4.69, 9.17) is 5.26 Å². The Morgan fingerprint density at radius 1 is 1.17 bits per heavy atom. The zero-order chi connectivity index (χ0) is 12.4. The number of fused-ring (bicyclic) bond motifs is 1. The number of nitrogens with zero attached hydrogens (tertiary/aromatic N) is 3. The maximum atomic E-state index is 8.79. The van der Waals surface area contributed by atoms with Gasteiger partial charge in [0.2, 0.25) is 0 Å². The third-order valence-electron chi connectivity index (χ3n) is 3.26. The number of aromatic nitrogens is 1. The second-order valence-corrected chi connectivity index (χ2v) is 4.40. The van der Waals surface area contributed by atoms with E-state index in [0.717, 1.165) is 25.2 Å². The normalized spacial score (nSPS) is 13.8. The van der Waals surface area contributed by atoms with Crippen molar-refractivity contribution >= 4 is 11.5 Å². The first-order chi connectivity index (χ1) is 8.88. The fourth-order valence-corrected chi connectivity index (χ4v) is 2.38. The monoisotopic (exact) mass is 235 g/mol. The molecule has 0 fully saturated rings. The number of para-hydroxylation sites is 1. The molecule has 2 aromatic rings. The van der Waals surface area contributed by atoms with Gasteiger partial charge in [0.15, 0.2) is 0 Å². The van der Waals surface area contributed by atoms with Crippen LogP contribution in [0.25, 0.3) is 0 Å². The summed E-state index contributed by atoms with van der Waals surface area (Å²) < 4.78 is 0. The van der Waals surface area contributed by atoms with Gasteiger partial charge in [0.05, 0.1) is 5.56 Å². The van der Waals surface area contributed by atoms with Gasteiger partial charge in [-0.05, 0) is 36.6 Å². The average molecular weight is 235 g/mol. The van der Waals surface area contributed by atoms with Crippen molar-refractivity contribution in [1.29, 1.82) is 5.26 Å². The highest BCUT2D eigenvalue weighted by atomic mass is 15.2. The highest BCUT2D eigenvalue weighted by Gasteiger charge is 2.18. The average Bonchev–Trinajstić information content (AvgIpc) is 2.47. The van der Waals surface area contributed by atoms with Crippen LogP contribution in [0.2, 0.25) is 0 Å². The number of hydrogen-bond donors (Lipinski definition) is 0. The van der Waals surface area contributed by atoms with Crippen molar-refractivity contribution in [2.75, 3.05) is 11.4 Å². The minimum absolute atomic E-state index is 0.601. The van der Waals surface area contributed by atoms with Gasteiger partial charge in [0.1, 0.15) is 11.9 Å². The Balaban J connectivity index is 2.00. The van der Waals surface area contributed by atoms with Crippen LogP contribution in [0.15, 0.2) is 42.6 Å². The first-order valence-corrected chi connectivity index (χ1v) is 6.10. The van der Waals surface area contributed by atoms with Crippen LogP contribution in [0.1, 0.15) is 17.5 Å². The fraction of sp³-hybridized carbons (Fsp3) is 0.200. The number of pyridine rings is 1. The number of rotatable bonds is 1. The molecule has 3 rings (SSSR count). The van der Waals surface area contributed by atoms with Gasteiger partial charge in [-0.2, -0.15) is 5.26 Å². The molecule has 0 saturated carbocycles. The van der Waals surface area contributed by atoms with Gasteiger partial charge < -0.3 is 4.90 Å². The fourth-order valence-electron chi connectivity index (χ4n) is 2.38. The Kier molecular flexibility index (Phi) is 2.70. The maximum absolute atomic E-state index is 8.79. The smallest absolute Gasteiger partial charge is 0.133 e. The third kappa shape index (κ3) is 1.82. The lowest BCUT2D eigenvalue weighted by Gasteiger charge is -2.30. The van der Waals surface area contributed by atoms with Crippen LogP contribution in [-0.2, 0) is 6.42 Å². The van der Waals surface area contributed by atoms with Gasteiger partial charge in [-0.3, -0.25) is 0 Å². The van der Waals surface area contributed by atoms with Crippen LogP contribution < -0.4 is 4.90 Å². The summed E-state index contributed by atoms with van der Waals surface area (Å²) in [5.41, 5.74) is 3.21. The summed E-state index contributed by atoms with van der Waals surface area (Å²) in [4.78, 5) is 6.60. The molecule has 0 bridgehead atoms. The molecule has 18 heavy (non-hydrogen) atoms. The summed E-state index contributed by atoms with van der Waals surface area (Å²) in [6.07, 6.45) is 3.90. The molecule has 0 amide bonds. The van der Waals surface area contributed by atoms with E-state index in [-0.39, 0.29) is 0 Å². The third-order valence-corrected chi connectivity index (χ3v) is 3.26. The predicted octanol–water partition coefficient (Wildman–Crippen LogP) is 3.04. The van der Waals surface area contributed by atoms with Crippen molar-refractivity contribution < 1.29 is 0 Å². The first kappa shape index (κ1) is 10.8. The molecule has 3 nitrogen and oxygen atoms in total. The standard InChI is InChI=1S/C15H13N3/c16-10-12-7-8-15(17-11-12)18-9-3-5-13-4-1-2-6-14(13)18/h1-2,4,6-8,11H,3,5,9H2. The molecule has 2 heterocycles. The molecule has 1 aliphatic heterocycles. The molecule has 0 radical (unpaired) electrons. The molecule has 1 aromatic heterocycles. The second kappa shape index (κ2) is 4.50. The molecule has 0 unspecified atom stereocenters. The van der Waals surface area contributed by atoms with Crippen molar-refractivity contribution in [2.45, 2.75) is 12.8 Å². The quantitative estimate of drug-likeness (QED) is 0.762. The van der Waals surface area contributed by atoms with Crippen molar-refractivity contribution in [1.82, 2.24) is 4.98 Å². The van der Waals surface area contributed by atoms with Crippen molar-refractivity contribution in [3.05, 3.63) is 53.7 Å². The van der Waals surface area contributed by atoms with Crippen molar-refractivity contribution in [3.8, 4) is 6.07 Å². The lowest BCUT2D eigenvalue weighted by molar-refractivity contribution is 0.759. The summed E-state index contributed by atoms with van der Waals surface area (Å²) in [5.74, 6) is 0.918. The lowest BCUT2D eigenvalue weighted by Crippen LogP contribution is -2.25. The molecular weight excluding hydrogens is 222 g/mol. The number of aryl methyl sites for hydroxylation is 1. The van der Waals surface area contributed by atoms with Gasteiger partial charge in [-0.15, -0.1) is 0 Å². The van der Waals surface area contributed by atoms with E-state index in [1.54, 1.807) is 6.20 Å². The Morgan fingerprint density at radius 2 is 2.06 bits per heavy atom. The molecular formula is C15H13N3. The van der Waals surface area contributed by atoms with Crippen LogP contribution in [0.5, 0.6) is 0 Å². The van der Waals surface area contributed by atoms with E-state index in [2.05, 4.69) is 40.2 Å². The Hall–Kier alpha value is -2.34. The molecule has 1 aliphatic rings. The molecule has 1 aromatic carbocycles. The molecule has 0 aliphatic carbocycles. The Labute approximate surface area is 106 Å². The van der Waals surface area contributed by atoms with Gasteiger partial charge >= 0.3 is 0 Å². The number of anilines is 2. The SMILES string of the molecule is N#Cc1ccc(N2CCCc3ccccc32)nc1. The van der Waals surface area contributed by atoms with Crippen LogP contribution in [0, 0.1) is 11.3 Å². The topological polar surface area (TPSA) is 39.9 Å². The number of nitriles is 1. The van der Waals surface area contributed by atoms with E-state index >= 15 is 0 Å². The van der Waals surface area contributed by atoms with Crippen LogP contribution in [-0.4, -0.2) is 11.5 Å². The molecule has 0 saturated heterocycles. The van der Waals surface area contributed by atoms with Gasteiger partial charge in [-0.25, -0.2) is 4.98 Å². The summed E-state index contributed by atoms with van der Waals surface area (Å²) in [5, 5.41) is 8.79. The molecule has 0 spiro atoms. The number of hydrogen-bond acceptors (Lipinski definition) is 3. The first-order valence-electron chi connectivity index (χ1n) is 6.10. The van der Waals surface area contributed by atoms with Crippen LogP contribution >= 0.6 is 0 Å². The zero-order valence-corrected chi connectivity index (χ0v) is 10.0. The van der Waals surface area contributed by atoms with Crippen molar-refractivity contribution in [2.24, 2.45) is 0 Å². The summed E-state index contributed by atoms with van der Waals surface area (Å²) in [6.45, 7) is 0.982. The number of benzene rings is 1. The van der Waals surface area contributed by atoms with Gasteiger partial charge in [-0.1, -0.05) is 18.2 Å². The highest BCUT2D eigenvalue weighted by Crippen LogP contribution is 2.31. The molecule has 88 valence electrons.